The summed E-state index contributed by atoms with van der Waals surface area (Å²) in [7, 11) is 0. The molecule has 0 aliphatic carbocycles. The van der Waals surface area contributed by atoms with Crippen molar-refractivity contribution in [1.82, 2.24) is 10.1 Å². The first-order chi connectivity index (χ1) is 15.3. The molecule has 6 nitrogen and oxygen atoms in total. The number of carbonyl (C=O) groups is 1. The number of aromatic nitrogens is 2. The Hall–Kier alpha value is -2.52. The second-order valence-corrected chi connectivity index (χ2v) is 9.77. The van der Waals surface area contributed by atoms with Crippen LogP contribution in [0.2, 0.25) is 10.0 Å². The maximum atomic E-state index is 13.0. The molecular weight excluding hydrogens is 487 g/mol. The van der Waals surface area contributed by atoms with Gasteiger partial charge >= 0.3 is 0 Å². The molecule has 2 heterocycles. The molecule has 0 fully saturated rings. The zero-order valence-corrected chi connectivity index (χ0v) is 20.3. The highest BCUT2D eigenvalue weighted by molar-refractivity contribution is 7.98. The van der Waals surface area contributed by atoms with E-state index in [4.69, 9.17) is 33.5 Å². The Morgan fingerprint density at radius 1 is 1.19 bits per heavy atom. The van der Waals surface area contributed by atoms with Gasteiger partial charge < -0.3 is 15.6 Å². The minimum absolute atomic E-state index is 0.127. The summed E-state index contributed by atoms with van der Waals surface area (Å²) in [5.41, 5.74) is 9.08. The van der Waals surface area contributed by atoms with Gasteiger partial charge in [0.15, 0.2) is 5.13 Å². The molecule has 0 unspecified atom stereocenters. The molecule has 2 aromatic heterocycles. The minimum Gasteiger partial charge on any atom is -0.382 e. The number of nitrogens with one attached hydrogen (secondary N) is 1. The van der Waals surface area contributed by atoms with Crippen LogP contribution in [0.5, 0.6) is 0 Å². The number of halogens is 2. The van der Waals surface area contributed by atoms with Crippen LogP contribution in [0.1, 0.15) is 32.3 Å². The van der Waals surface area contributed by atoms with Gasteiger partial charge in [-0.1, -0.05) is 51.8 Å². The second kappa shape index (κ2) is 9.54. The molecule has 2 aromatic carbocycles. The quantitative estimate of drug-likeness (QED) is 0.208. The Morgan fingerprint density at radius 2 is 1.91 bits per heavy atom. The van der Waals surface area contributed by atoms with E-state index in [9.17, 15) is 4.79 Å². The Bertz CT molecular complexity index is 1260. The molecule has 0 bridgehead atoms. The molecule has 0 radical (unpaired) electrons. The van der Waals surface area contributed by atoms with Crippen LogP contribution in [0.3, 0.4) is 0 Å². The molecule has 0 saturated carbocycles. The van der Waals surface area contributed by atoms with Crippen LogP contribution in [0, 0.1) is 13.8 Å². The summed E-state index contributed by atoms with van der Waals surface area (Å²) in [5.74, 6) is 1.36. The van der Waals surface area contributed by atoms with Gasteiger partial charge in [0.2, 0.25) is 5.78 Å². The summed E-state index contributed by atoms with van der Waals surface area (Å²) < 4.78 is 5.23. The minimum atomic E-state index is -0.354. The Morgan fingerprint density at radius 3 is 2.59 bits per heavy atom. The maximum Gasteiger partial charge on any atom is 0.209 e. The SMILES string of the molecule is Cc1noc(C)c1CSc1cccc(Nc2nc(N)c(C(=O)c3c(Cl)cccc3Cl)s2)c1. The molecule has 0 aliphatic rings. The smallest absolute Gasteiger partial charge is 0.209 e. The van der Waals surface area contributed by atoms with E-state index in [0.717, 1.165) is 44.7 Å². The van der Waals surface area contributed by atoms with Crippen molar-refractivity contribution < 1.29 is 9.32 Å². The topological polar surface area (TPSA) is 94.0 Å². The Labute approximate surface area is 203 Å². The first kappa shape index (κ1) is 22.7. The molecule has 0 aliphatic heterocycles. The molecular formula is C22H18Cl2N4O2S2. The number of nitrogens with two attached hydrogens (primary N) is 1. The lowest BCUT2D eigenvalue weighted by molar-refractivity contribution is 0.104. The van der Waals surface area contributed by atoms with Gasteiger partial charge in [-0.05, 0) is 44.2 Å². The van der Waals surface area contributed by atoms with Crippen LogP contribution < -0.4 is 11.1 Å². The molecule has 3 N–H and O–H groups in total. The lowest BCUT2D eigenvalue weighted by Gasteiger charge is -2.06. The highest BCUT2D eigenvalue weighted by atomic mass is 35.5. The summed E-state index contributed by atoms with van der Waals surface area (Å²) in [6.45, 7) is 3.85. The number of aryl methyl sites for hydroxylation is 2. The first-order valence-electron chi connectivity index (χ1n) is 9.50. The highest BCUT2D eigenvalue weighted by Crippen LogP contribution is 2.35. The third-order valence-electron chi connectivity index (χ3n) is 4.70. The van der Waals surface area contributed by atoms with Gasteiger partial charge in [0.1, 0.15) is 16.5 Å². The number of rotatable bonds is 7. The second-order valence-electron chi connectivity index (χ2n) is 6.90. The van der Waals surface area contributed by atoms with Crippen molar-refractivity contribution in [2.24, 2.45) is 0 Å². The zero-order valence-electron chi connectivity index (χ0n) is 17.1. The van der Waals surface area contributed by atoms with Crippen molar-refractivity contribution in [2.45, 2.75) is 24.5 Å². The Balaban J connectivity index is 1.51. The molecule has 4 rings (SSSR count). The van der Waals surface area contributed by atoms with E-state index in [0.29, 0.717) is 5.13 Å². The number of hydrogen-bond acceptors (Lipinski definition) is 8. The van der Waals surface area contributed by atoms with Crippen molar-refractivity contribution in [2.75, 3.05) is 11.1 Å². The van der Waals surface area contributed by atoms with E-state index in [2.05, 4.69) is 15.5 Å². The van der Waals surface area contributed by atoms with Crippen molar-refractivity contribution in [3.63, 3.8) is 0 Å². The lowest BCUT2D eigenvalue weighted by atomic mass is 10.1. The number of nitrogens with zero attached hydrogens (tertiary/aromatic N) is 2. The summed E-state index contributed by atoms with van der Waals surface area (Å²) in [5, 5.41) is 8.26. The molecule has 164 valence electrons. The third kappa shape index (κ3) is 4.78. The van der Waals surface area contributed by atoms with E-state index in [1.165, 1.54) is 0 Å². The molecule has 0 amide bonds. The number of hydrogen-bond donors (Lipinski definition) is 2. The number of thiazole rings is 1. The lowest BCUT2D eigenvalue weighted by Crippen LogP contribution is -2.04. The van der Waals surface area contributed by atoms with Gasteiger partial charge in [0, 0.05) is 21.9 Å². The van der Waals surface area contributed by atoms with Gasteiger partial charge in [0.25, 0.3) is 0 Å². The van der Waals surface area contributed by atoms with Crippen LogP contribution in [-0.2, 0) is 5.75 Å². The Kier molecular flexibility index (Phi) is 6.76. The fourth-order valence-corrected chi connectivity index (χ4v) is 5.56. The molecule has 0 atom stereocenters. The summed E-state index contributed by atoms with van der Waals surface area (Å²) >= 11 is 15.2. The van der Waals surface area contributed by atoms with E-state index in [-0.39, 0.29) is 32.1 Å². The molecule has 10 heteroatoms. The predicted octanol–water partition coefficient (Wildman–Crippen LogP) is 6.90. The standard InChI is InChI=1S/C22H18Cl2N4O2S2/c1-11-15(12(2)30-28-11)10-31-14-6-3-5-13(9-14)26-22-27-21(25)20(32-22)19(29)18-16(23)7-4-8-17(18)24/h3-9H,10,25H2,1-2H3,(H,26,27). The normalized spacial score (nSPS) is 11.0. The van der Waals surface area contributed by atoms with E-state index in [1.54, 1.807) is 30.0 Å². The van der Waals surface area contributed by atoms with Crippen LogP contribution in [0.4, 0.5) is 16.6 Å². The van der Waals surface area contributed by atoms with Gasteiger partial charge in [-0.3, -0.25) is 4.79 Å². The molecule has 0 saturated heterocycles. The average Bonchev–Trinajstić information content (AvgIpc) is 3.27. The monoisotopic (exact) mass is 504 g/mol. The van der Waals surface area contributed by atoms with Crippen LogP contribution >= 0.6 is 46.3 Å². The fourth-order valence-electron chi connectivity index (χ4n) is 3.03. The summed E-state index contributed by atoms with van der Waals surface area (Å²) in [6, 6.07) is 12.8. The van der Waals surface area contributed by atoms with Crippen LogP contribution in [-0.4, -0.2) is 15.9 Å². The first-order valence-corrected chi connectivity index (χ1v) is 12.1. The number of nitrogen functional groups attached to an aromatic ring is 1. The molecule has 4 aromatic rings. The van der Waals surface area contributed by atoms with E-state index < -0.39 is 0 Å². The maximum absolute atomic E-state index is 13.0. The molecule has 32 heavy (non-hydrogen) atoms. The number of carbonyl (C=O) groups excluding carboxylic acids is 1. The average molecular weight is 505 g/mol. The highest BCUT2D eigenvalue weighted by Gasteiger charge is 2.22. The number of ketones is 1. The number of anilines is 3. The fraction of sp³-hybridized carbons (Fsp3) is 0.136. The van der Waals surface area contributed by atoms with Crippen molar-refractivity contribution in [3.8, 4) is 0 Å². The largest absolute Gasteiger partial charge is 0.382 e. The van der Waals surface area contributed by atoms with Crippen LogP contribution in [0.15, 0.2) is 51.9 Å². The van der Waals surface area contributed by atoms with Crippen molar-refractivity contribution >= 4 is 68.7 Å². The predicted molar refractivity (Wildman–Crippen MR) is 132 cm³/mol. The van der Waals surface area contributed by atoms with Gasteiger partial charge in [0.05, 0.1) is 21.3 Å². The van der Waals surface area contributed by atoms with Gasteiger partial charge in [-0.25, -0.2) is 4.98 Å². The van der Waals surface area contributed by atoms with Gasteiger partial charge in [-0.15, -0.1) is 11.8 Å². The van der Waals surface area contributed by atoms with Crippen LogP contribution in [0.25, 0.3) is 0 Å². The van der Waals surface area contributed by atoms with Crippen molar-refractivity contribution in [3.05, 3.63) is 80.0 Å². The number of benzene rings is 2. The number of thioether (sulfide) groups is 1. The summed E-state index contributed by atoms with van der Waals surface area (Å²) in [6.07, 6.45) is 0. The van der Waals surface area contributed by atoms with E-state index >= 15 is 0 Å². The summed E-state index contributed by atoms with van der Waals surface area (Å²) in [4.78, 5) is 18.6. The van der Waals surface area contributed by atoms with E-state index in [1.807, 2.05) is 38.1 Å². The van der Waals surface area contributed by atoms with Gasteiger partial charge in [-0.2, -0.15) is 0 Å². The zero-order chi connectivity index (χ0) is 22.8. The van der Waals surface area contributed by atoms with Crippen molar-refractivity contribution in [1.29, 1.82) is 0 Å². The molecule has 0 spiro atoms. The third-order valence-corrected chi connectivity index (χ3v) is 7.33.